The van der Waals surface area contributed by atoms with E-state index in [1.54, 1.807) is 19.2 Å². The average molecular weight is 449 g/mol. The van der Waals surface area contributed by atoms with E-state index in [2.05, 4.69) is 35.2 Å². The van der Waals surface area contributed by atoms with Crippen LogP contribution in [0.15, 0.2) is 60.8 Å². The Hall–Kier alpha value is -2.76. The zero-order chi connectivity index (χ0) is 23.0. The SMILES string of the molecule is CCOc1ccc(COC)cc1CN1CCC[C@@H](c2ccc(Cc3cccc(F)c3)cn2)C1. The molecule has 1 aromatic heterocycles. The van der Waals surface area contributed by atoms with Crippen molar-refractivity contribution in [2.45, 2.75) is 45.3 Å². The third kappa shape index (κ3) is 6.40. The van der Waals surface area contributed by atoms with Crippen LogP contribution >= 0.6 is 0 Å². The normalized spacial score (nSPS) is 16.6. The van der Waals surface area contributed by atoms with E-state index in [0.717, 1.165) is 55.0 Å². The van der Waals surface area contributed by atoms with E-state index in [1.165, 1.54) is 17.2 Å². The van der Waals surface area contributed by atoms with E-state index < -0.39 is 0 Å². The first-order valence-electron chi connectivity index (χ1n) is 11.8. The molecule has 5 heteroatoms. The number of aromatic nitrogens is 1. The van der Waals surface area contributed by atoms with Gasteiger partial charge in [0.2, 0.25) is 0 Å². The van der Waals surface area contributed by atoms with Crippen molar-refractivity contribution < 1.29 is 13.9 Å². The van der Waals surface area contributed by atoms with Gasteiger partial charge in [-0.25, -0.2) is 4.39 Å². The van der Waals surface area contributed by atoms with Gasteiger partial charge in [-0.05, 0) is 79.8 Å². The molecule has 0 unspecified atom stereocenters. The number of ether oxygens (including phenoxy) is 2. The van der Waals surface area contributed by atoms with Crippen LogP contribution in [0.25, 0.3) is 0 Å². The van der Waals surface area contributed by atoms with Crippen LogP contribution < -0.4 is 4.74 Å². The van der Waals surface area contributed by atoms with Crippen molar-refractivity contribution >= 4 is 0 Å². The summed E-state index contributed by atoms with van der Waals surface area (Å²) < 4.78 is 24.7. The molecule has 0 radical (unpaired) electrons. The van der Waals surface area contributed by atoms with Gasteiger partial charge in [0.25, 0.3) is 0 Å². The molecule has 1 fully saturated rings. The summed E-state index contributed by atoms with van der Waals surface area (Å²) in [5, 5.41) is 0. The molecule has 0 bridgehead atoms. The largest absolute Gasteiger partial charge is 0.494 e. The van der Waals surface area contributed by atoms with E-state index >= 15 is 0 Å². The summed E-state index contributed by atoms with van der Waals surface area (Å²) in [7, 11) is 1.72. The van der Waals surface area contributed by atoms with Crippen molar-refractivity contribution in [3.8, 4) is 5.75 Å². The van der Waals surface area contributed by atoms with Crippen LogP contribution in [-0.2, 0) is 24.3 Å². The first-order valence-corrected chi connectivity index (χ1v) is 11.8. The summed E-state index contributed by atoms with van der Waals surface area (Å²) in [6.07, 6.45) is 4.94. The molecular formula is C28H33FN2O2. The number of nitrogens with zero attached hydrogens (tertiary/aromatic N) is 2. The lowest BCUT2D eigenvalue weighted by molar-refractivity contribution is 0.183. The molecule has 1 aliphatic heterocycles. The first-order chi connectivity index (χ1) is 16.1. The molecule has 0 amide bonds. The molecule has 174 valence electrons. The zero-order valence-corrected chi connectivity index (χ0v) is 19.6. The maximum atomic E-state index is 13.5. The van der Waals surface area contributed by atoms with Crippen LogP contribution in [0.5, 0.6) is 5.75 Å². The number of hydrogen-bond donors (Lipinski definition) is 0. The van der Waals surface area contributed by atoms with Gasteiger partial charge in [-0.2, -0.15) is 0 Å². The molecule has 1 atom stereocenters. The fourth-order valence-electron chi connectivity index (χ4n) is 4.66. The Labute approximate surface area is 196 Å². The highest BCUT2D eigenvalue weighted by Crippen LogP contribution is 2.29. The summed E-state index contributed by atoms with van der Waals surface area (Å²) in [6, 6.07) is 17.4. The Bertz CT molecular complexity index is 1040. The van der Waals surface area contributed by atoms with Gasteiger partial charge >= 0.3 is 0 Å². The molecular weight excluding hydrogens is 415 g/mol. The van der Waals surface area contributed by atoms with E-state index in [-0.39, 0.29) is 5.82 Å². The Kier molecular flexibility index (Phi) is 8.08. The van der Waals surface area contributed by atoms with E-state index in [1.807, 2.05) is 19.2 Å². The summed E-state index contributed by atoms with van der Waals surface area (Å²) in [4.78, 5) is 7.29. The standard InChI is InChI=1S/C28H33FN2O2/c1-3-33-28-12-10-23(20-32-2)15-25(28)19-31-13-5-7-24(18-31)27-11-9-22(17-30-27)14-21-6-4-8-26(29)16-21/h4,6,8-12,15-17,24H,3,5,7,13-14,18-20H2,1-2H3/t24-/m1/s1. The second kappa shape index (κ2) is 11.4. The van der Waals surface area contributed by atoms with Crippen molar-refractivity contribution in [1.29, 1.82) is 0 Å². The van der Waals surface area contributed by atoms with Gasteiger partial charge in [0, 0.05) is 43.6 Å². The van der Waals surface area contributed by atoms with Gasteiger partial charge in [0.05, 0.1) is 13.2 Å². The molecule has 0 N–H and O–H groups in total. The molecule has 33 heavy (non-hydrogen) atoms. The summed E-state index contributed by atoms with van der Waals surface area (Å²) in [5.74, 6) is 1.18. The number of likely N-dealkylation sites (tertiary alicyclic amines) is 1. The van der Waals surface area contributed by atoms with Crippen molar-refractivity contribution in [1.82, 2.24) is 9.88 Å². The minimum Gasteiger partial charge on any atom is -0.494 e. The van der Waals surface area contributed by atoms with E-state index in [4.69, 9.17) is 14.5 Å². The van der Waals surface area contributed by atoms with E-state index in [9.17, 15) is 4.39 Å². The second-order valence-electron chi connectivity index (χ2n) is 8.78. The Morgan fingerprint density at radius 1 is 1.06 bits per heavy atom. The van der Waals surface area contributed by atoms with Gasteiger partial charge in [-0.1, -0.05) is 24.3 Å². The van der Waals surface area contributed by atoms with Gasteiger partial charge in [0.15, 0.2) is 0 Å². The zero-order valence-electron chi connectivity index (χ0n) is 19.6. The van der Waals surface area contributed by atoms with Gasteiger partial charge < -0.3 is 9.47 Å². The number of rotatable bonds is 9. The number of pyridine rings is 1. The van der Waals surface area contributed by atoms with Crippen LogP contribution in [0.1, 0.15) is 53.6 Å². The number of halogens is 1. The van der Waals surface area contributed by atoms with Crippen LogP contribution in [0.2, 0.25) is 0 Å². The molecule has 2 aromatic carbocycles. The molecule has 1 aliphatic rings. The predicted octanol–water partition coefficient (Wildman–Crippen LogP) is 5.74. The lowest BCUT2D eigenvalue weighted by atomic mass is 9.93. The van der Waals surface area contributed by atoms with Gasteiger partial charge in [-0.15, -0.1) is 0 Å². The lowest BCUT2D eigenvalue weighted by Gasteiger charge is -2.33. The number of methoxy groups -OCH3 is 1. The van der Waals surface area contributed by atoms with Crippen LogP contribution in [-0.4, -0.2) is 36.7 Å². The molecule has 3 aromatic rings. The molecule has 0 saturated carbocycles. The Morgan fingerprint density at radius 3 is 2.70 bits per heavy atom. The van der Waals surface area contributed by atoms with Crippen molar-refractivity contribution in [3.05, 3.63) is 94.6 Å². The minimum absolute atomic E-state index is 0.195. The van der Waals surface area contributed by atoms with Crippen molar-refractivity contribution in [2.24, 2.45) is 0 Å². The lowest BCUT2D eigenvalue weighted by Crippen LogP contribution is -2.34. The summed E-state index contributed by atoms with van der Waals surface area (Å²) in [5.41, 5.74) is 5.59. The minimum atomic E-state index is -0.195. The third-order valence-electron chi connectivity index (χ3n) is 6.20. The molecule has 4 rings (SSSR count). The number of hydrogen-bond acceptors (Lipinski definition) is 4. The predicted molar refractivity (Wildman–Crippen MR) is 129 cm³/mol. The highest BCUT2D eigenvalue weighted by Gasteiger charge is 2.23. The van der Waals surface area contributed by atoms with Gasteiger partial charge in [0.1, 0.15) is 11.6 Å². The smallest absolute Gasteiger partial charge is 0.123 e. The summed E-state index contributed by atoms with van der Waals surface area (Å²) >= 11 is 0. The van der Waals surface area contributed by atoms with Gasteiger partial charge in [-0.3, -0.25) is 9.88 Å². The quantitative estimate of drug-likeness (QED) is 0.418. The monoisotopic (exact) mass is 448 g/mol. The average Bonchev–Trinajstić information content (AvgIpc) is 2.82. The van der Waals surface area contributed by atoms with Crippen molar-refractivity contribution in [3.63, 3.8) is 0 Å². The highest BCUT2D eigenvalue weighted by atomic mass is 19.1. The first kappa shape index (κ1) is 23.4. The topological polar surface area (TPSA) is 34.6 Å². The fraction of sp³-hybridized carbons (Fsp3) is 0.393. The number of benzene rings is 2. The second-order valence-corrected chi connectivity index (χ2v) is 8.78. The molecule has 2 heterocycles. The maximum Gasteiger partial charge on any atom is 0.123 e. The Morgan fingerprint density at radius 2 is 1.94 bits per heavy atom. The molecule has 1 saturated heterocycles. The molecule has 0 aliphatic carbocycles. The van der Waals surface area contributed by atoms with Crippen LogP contribution in [0.4, 0.5) is 4.39 Å². The fourth-order valence-corrected chi connectivity index (χ4v) is 4.66. The van der Waals surface area contributed by atoms with Crippen molar-refractivity contribution in [2.75, 3.05) is 26.8 Å². The summed E-state index contributed by atoms with van der Waals surface area (Å²) in [6.45, 7) is 6.21. The Balaban J connectivity index is 1.42. The van der Waals surface area contributed by atoms with Crippen LogP contribution in [0, 0.1) is 5.82 Å². The molecule has 0 spiro atoms. The van der Waals surface area contributed by atoms with E-state index in [0.29, 0.717) is 25.6 Å². The molecule has 4 nitrogen and oxygen atoms in total. The highest BCUT2D eigenvalue weighted by molar-refractivity contribution is 5.37. The third-order valence-corrected chi connectivity index (χ3v) is 6.20. The van der Waals surface area contributed by atoms with Crippen LogP contribution in [0.3, 0.4) is 0 Å². The maximum absolute atomic E-state index is 13.5. The number of piperidine rings is 1.